The number of aliphatic hydroxyl groups is 1. The van der Waals surface area contributed by atoms with Crippen molar-refractivity contribution in [1.82, 2.24) is 9.80 Å². The second-order valence-electron chi connectivity index (χ2n) is 4.86. The summed E-state index contributed by atoms with van der Waals surface area (Å²) in [4.78, 5) is 25.2. The zero-order valence-electron chi connectivity index (χ0n) is 10.8. The Bertz CT molecular complexity index is 358. The fraction of sp³-hybridized carbons (Fsp3) is 0.818. The molecule has 0 aliphatic carbocycles. The minimum Gasteiger partial charge on any atom is -0.392 e. The highest BCUT2D eigenvalue weighted by atomic mass is 19.4. The van der Waals surface area contributed by atoms with Gasteiger partial charge in [0.15, 0.2) is 0 Å². The van der Waals surface area contributed by atoms with Crippen molar-refractivity contribution < 1.29 is 27.9 Å². The summed E-state index contributed by atoms with van der Waals surface area (Å²) < 4.78 is 36.7. The first-order valence-corrected chi connectivity index (χ1v) is 5.87. The zero-order valence-corrected chi connectivity index (χ0v) is 10.8. The molecule has 1 rings (SSSR count). The summed E-state index contributed by atoms with van der Waals surface area (Å²) >= 11 is 0. The molecule has 1 aliphatic heterocycles. The van der Waals surface area contributed by atoms with Crippen LogP contribution in [0.3, 0.4) is 0 Å². The van der Waals surface area contributed by atoms with Gasteiger partial charge in [-0.05, 0) is 6.92 Å². The smallest absolute Gasteiger partial charge is 0.392 e. The van der Waals surface area contributed by atoms with E-state index in [2.05, 4.69) is 0 Å². The Morgan fingerprint density at radius 3 is 2.63 bits per heavy atom. The van der Waals surface area contributed by atoms with Crippen LogP contribution >= 0.6 is 0 Å². The van der Waals surface area contributed by atoms with Crippen molar-refractivity contribution in [2.45, 2.75) is 25.6 Å². The molecular formula is C11H17F3N2O3. The number of carbonyl (C=O) groups is 2. The van der Waals surface area contributed by atoms with Gasteiger partial charge in [0.1, 0.15) is 6.54 Å². The van der Waals surface area contributed by atoms with Gasteiger partial charge in [-0.15, -0.1) is 0 Å². The van der Waals surface area contributed by atoms with Crippen LogP contribution in [0.4, 0.5) is 13.2 Å². The number of hydrogen-bond donors (Lipinski definition) is 1. The van der Waals surface area contributed by atoms with Gasteiger partial charge in [-0.2, -0.15) is 13.2 Å². The maximum atomic E-state index is 12.2. The average Bonchev–Trinajstić information content (AvgIpc) is 2.55. The van der Waals surface area contributed by atoms with Crippen LogP contribution in [0.15, 0.2) is 0 Å². The number of likely N-dealkylation sites (tertiary alicyclic amines) is 1. The van der Waals surface area contributed by atoms with Crippen LogP contribution < -0.4 is 0 Å². The lowest BCUT2D eigenvalue weighted by molar-refractivity contribution is -0.157. The molecule has 0 saturated carbocycles. The summed E-state index contributed by atoms with van der Waals surface area (Å²) in [6.07, 6.45) is -5.39. The van der Waals surface area contributed by atoms with Crippen molar-refractivity contribution >= 4 is 11.8 Å². The van der Waals surface area contributed by atoms with E-state index >= 15 is 0 Å². The Hall–Kier alpha value is -1.31. The van der Waals surface area contributed by atoms with Crippen LogP contribution in [-0.2, 0) is 9.59 Å². The fourth-order valence-corrected chi connectivity index (χ4v) is 2.10. The highest BCUT2D eigenvalue weighted by molar-refractivity contribution is 5.89. The number of rotatable bonds is 4. The highest BCUT2D eigenvalue weighted by Gasteiger charge is 2.41. The van der Waals surface area contributed by atoms with Crippen LogP contribution in [0, 0.1) is 5.92 Å². The molecule has 2 amide bonds. The third-order valence-corrected chi connectivity index (χ3v) is 2.85. The molecule has 0 aromatic carbocycles. The maximum absolute atomic E-state index is 12.2. The molecule has 1 saturated heterocycles. The normalized spacial score (nSPS) is 21.7. The Labute approximate surface area is 109 Å². The number of amides is 2. The number of aliphatic hydroxyl groups excluding tert-OH is 1. The van der Waals surface area contributed by atoms with E-state index in [9.17, 15) is 22.8 Å². The van der Waals surface area contributed by atoms with Crippen molar-refractivity contribution in [3.8, 4) is 0 Å². The molecular weight excluding hydrogens is 265 g/mol. The minimum absolute atomic E-state index is 0.0861. The largest absolute Gasteiger partial charge is 0.406 e. The van der Waals surface area contributed by atoms with Crippen molar-refractivity contribution in [3.05, 3.63) is 0 Å². The van der Waals surface area contributed by atoms with Crippen LogP contribution in [0.1, 0.15) is 13.3 Å². The van der Waals surface area contributed by atoms with Crippen molar-refractivity contribution in [3.63, 3.8) is 0 Å². The lowest BCUT2D eigenvalue weighted by Gasteiger charge is -2.22. The van der Waals surface area contributed by atoms with E-state index in [1.54, 1.807) is 0 Å². The van der Waals surface area contributed by atoms with Gasteiger partial charge in [0, 0.05) is 26.6 Å². The molecule has 1 fully saturated rings. The van der Waals surface area contributed by atoms with Gasteiger partial charge in [0.25, 0.3) is 0 Å². The van der Waals surface area contributed by atoms with E-state index in [4.69, 9.17) is 5.11 Å². The molecule has 0 spiro atoms. The summed E-state index contributed by atoms with van der Waals surface area (Å²) in [5.41, 5.74) is 0. The second-order valence-corrected chi connectivity index (χ2v) is 4.86. The van der Waals surface area contributed by atoms with E-state index in [1.807, 2.05) is 0 Å². The SMILES string of the molecule is CC(O)CN(C)C(=O)C1CC(=O)N(CC(F)(F)F)C1. The topological polar surface area (TPSA) is 60.9 Å². The van der Waals surface area contributed by atoms with E-state index in [0.717, 1.165) is 0 Å². The summed E-state index contributed by atoms with van der Waals surface area (Å²) in [6, 6.07) is 0. The van der Waals surface area contributed by atoms with Crippen LogP contribution in [0.2, 0.25) is 0 Å². The molecule has 0 radical (unpaired) electrons. The number of nitrogens with zero attached hydrogens (tertiary/aromatic N) is 2. The molecule has 0 aromatic heterocycles. The monoisotopic (exact) mass is 282 g/mol. The number of carbonyl (C=O) groups excluding carboxylic acids is 2. The first-order valence-electron chi connectivity index (χ1n) is 5.87. The quantitative estimate of drug-likeness (QED) is 0.803. The molecule has 19 heavy (non-hydrogen) atoms. The molecule has 0 bridgehead atoms. The second kappa shape index (κ2) is 5.77. The molecule has 5 nitrogen and oxygen atoms in total. The fourth-order valence-electron chi connectivity index (χ4n) is 2.10. The average molecular weight is 282 g/mol. The Morgan fingerprint density at radius 2 is 2.16 bits per heavy atom. The number of alkyl halides is 3. The Balaban J connectivity index is 2.59. The first-order chi connectivity index (χ1) is 8.60. The molecule has 2 atom stereocenters. The van der Waals surface area contributed by atoms with Gasteiger partial charge < -0.3 is 14.9 Å². The van der Waals surface area contributed by atoms with Crippen molar-refractivity contribution in [1.29, 1.82) is 0 Å². The first kappa shape index (κ1) is 15.7. The standard InChI is InChI=1S/C11H17F3N2O3/c1-7(17)4-15(2)10(19)8-3-9(18)16(5-8)6-11(12,13)14/h7-8,17H,3-6H2,1-2H3. The third-order valence-electron chi connectivity index (χ3n) is 2.85. The van der Waals surface area contributed by atoms with E-state index in [-0.39, 0.29) is 19.5 Å². The van der Waals surface area contributed by atoms with Crippen LogP contribution in [-0.4, -0.2) is 65.7 Å². The van der Waals surface area contributed by atoms with Gasteiger partial charge >= 0.3 is 6.18 Å². The maximum Gasteiger partial charge on any atom is 0.406 e. The summed E-state index contributed by atoms with van der Waals surface area (Å²) in [7, 11) is 1.45. The number of hydrogen-bond acceptors (Lipinski definition) is 3. The zero-order chi connectivity index (χ0) is 14.8. The molecule has 8 heteroatoms. The van der Waals surface area contributed by atoms with E-state index in [0.29, 0.717) is 4.90 Å². The molecule has 1 aliphatic rings. The predicted octanol–water partition coefficient (Wildman–Crippen LogP) is 0.236. The predicted molar refractivity (Wildman–Crippen MR) is 60.1 cm³/mol. The summed E-state index contributed by atoms with van der Waals surface area (Å²) in [5.74, 6) is -1.85. The lowest BCUT2D eigenvalue weighted by Crippen LogP contribution is -2.39. The minimum atomic E-state index is -4.46. The van der Waals surface area contributed by atoms with Gasteiger partial charge in [0.2, 0.25) is 11.8 Å². The van der Waals surface area contributed by atoms with E-state index < -0.39 is 36.6 Å². The van der Waals surface area contributed by atoms with Crippen LogP contribution in [0.25, 0.3) is 0 Å². The lowest BCUT2D eigenvalue weighted by atomic mass is 10.1. The third kappa shape index (κ3) is 4.70. The summed E-state index contributed by atoms with van der Waals surface area (Å²) in [6.45, 7) is 0.0411. The molecule has 110 valence electrons. The molecule has 1 N–H and O–H groups in total. The van der Waals surface area contributed by atoms with Gasteiger partial charge in [-0.25, -0.2) is 0 Å². The highest BCUT2D eigenvalue weighted by Crippen LogP contribution is 2.24. The molecule has 2 unspecified atom stereocenters. The van der Waals surface area contributed by atoms with Gasteiger partial charge in [-0.1, -0.05) is 0 Å². The van der Waals surface area contributed by atoms with Gasteiger partial charge in [-0.3, -0.25) is 9.59 Å². The molecule has 1 heterocycles. The number of halogens is 3. The van der Waals surface area contributed by atoms with Gasteiger partial charge in [0.05, 0.1) is 12.0 Å². The van der Waals surface area contributed by atoms with Crippen LogP contribution in [0.5, 0.6) is 0 Å². The van der Waals surface area contributed by atoms with Crippen molar-refractivity contribution in [2.24, 2.45) is 5.92 Å². The summed E-state index contributed by atoms with van der Waals surface area (Å²) in [5, 5.41) is 9.15. The van der Waals surface area contributed by atoms with Crippen molar-refractivity contribution in [2.75, 3.05) is 26.7 Å². The Kier molecular flexibility index (Phi) is 4.78. The molecule has 0 aromatic rings. The van der Waals surface area contributed by atoms with E-state index in [1.165, 1.54) is 18.9 Å². The Morgan fingerprint density at radius 1 is 1.58 bits per heavy atom. The number of likely N-dealkylation sites (N-methyl/N-ethyl adjacent to an activating group) is 1.